The SMILES string of the molecule is CN1C2CCC1CC(c1ncc(-c3ccccc3)cn1)C2. The third-order valence-corrected chi connectivity index (χ3v) is 5.24. The molecule has 3 heteroatoms. The monoisotopic (exact) mass is 279 g/mol. The molecule has 21 heavy (non-hydrogen) atoms. The molecule has 108 valence electrons. The van der Waals surface area contributed by atoms with Crippen LogP contribution < -0.4 is 0 Å². The van der Waals surface area contributed by atoms with Crippen molar-refractivity contribution in [3.63, 3.8) is 0 Å². The quantitative estimate of drug-likeness (QED) is 0.842. The summed E-state index contributed by atoms with van der Waals surface area (Å²) in [5.41, 5.74) is 2.29. The van der Waals surface area contributed by atoms with Crippen molar-refractivity contribution in [3.8, 4) is 11.1 Å². The van der Waals surface area contributed by atoms with Gasteiger partial charge in [0.2, 0.25) is 0 Å². The van der Waals surface area contributed by atoms with Crippen LogP contribution in [-0.2, 0) is 0 Å². The second-order valence-electron chi connectivity index (χ2n) is 6.41. The van der Waals surface area contributed by atoms with Gasteiger partial charge < -0.3 is 4.90 Å². The summed E-state index contributed by atoms with van der Waals surface area (Å²) in [6.07, 6.45) is 9.10. The number of aromatic nitrogens is 2. The summed E-state index contributed by atoms with van der Waals surface area (Å²) in [4.78, 5) is 11.9. The van der Waals surface area contributed by atoms with Crippen LogP contribution in [0.25, 0.3) is 11.1 Å². The van der Waals surface area contributed by atoms with Gasteiger partial charge in [0.05, 0.1) is 0 Å². The molecule has 2 unspecified atom stereocenters. The van der Waals surface area contributed by atoms with Crippen LogP contribution >= 0.6 is 0 Å². The summed E-state index contributed by atoms with van der Waals surface area (Å²) in [5, 5.41) is 0. The van der Waals surface area contributed by atoms with Gasteiger partial charge in [-0.25, -0.2) is 9.97 Å². The van der Waals surface area contributed by atoms with Crippen molar-refractivity contribution < 1.29 is 0 Å². The molecule has 2 atom stereocenters. The lowest BCUT2D eigenvalue weighted by molar-refractivity contribution is 0.159. The Labute approximate surface area is 126 Å². The van der Waals surface area contributed by atoms with E-state index < -0.39 is 0 Å². The standard InChI is InChI=1S/C18H21N3/c1-21-16-7-8-17(21)10-14(9-16)18-19-11-15(12-20-18)13-5-3-2-4-6-13/h2-6,11-12,14,16-17H,7-10H2,1H3. The Morgan fingerprint density at radius 3 is 2.14 bits per heavy atom. The molecular weight excluding hydrogens is 258 g/mol. The molecule has 0 aliphatic carbocycles. The van der Waals surface area contributed by atoms with E-state index in [0.29, 0.717) is 5.92 Å². The van der Waals surface area contributed by atoms with Crippen LogP contribution in [0.2, 0.25) is 0 Å². The lowest BCUT2D eigenvalue weighted by Crippen LogP contribution is -2.39. The summed E-state index contributed by atoms with van der Waals surface area (Å²) >= 11 is 0. The molecule has 4 rings (SSSR count). The fraction of sp³-hybridized carbons (Fsp3) is 0.444. The van der Waals surface area contributed by atoms with Crippen molar-refractivity contribution in [2.24, 2.45) is 0 Å². The van der Waals surface area contributed by atoms with Gasteiger partial charge in [-0.3, -0.25) is 0 Å². The zero-order valence-electron chi connectivity index (χ0n) is 12.4. The molecule has 0 saturated carbocycles. The Morgan fingerprint density at radius 2 is 1.52 bits per heavy atom. The van der Waals surface area contributed by atoms with Crippen LogP contribution in [0.5, 0.6) is 0 Å². The number of piperidine rings is 1. The Kier molecular flexibility index (Phi) is 3.23. The number of benzene rings is 1. The fourth-order valence-electron chi connectivity index (χ4n) is 3.95. The van der Waals surface area contributed by atoms with E-state index in [-0.39, 0.29) is 0 Å². The van der Waals surface area contributed by atoms with E-state index in [1.165, 1.54) is 31.2 Å². The van der Waals surface area contributed by atoms with Crippen LogP contribution in [0.1, 0.15) is 37.4 Å². The molecule has 2 fully saturated rings. The lowest BCUT2D eigenvalue weighted by atomic mass is 9.90. The van der Waals surface area contributed by atoms with Crippen LogP contribution in [0.4, 0.5) is 0 Å². The van der Waals surface area contributed by atoms with Crippen LogP contribution in [0.15, 0.2) is 42.7 Å². The van der Waals surface area contributed by atoms with Crippen molar-refractivity contribution in [2.45, 2.75) is 43.7 Å². The largest absolute Gasteiger partial charge is 0.300 e. The molecule has 2 bridgehead atoms. The van der Waals surface area contributed by atoms with E-state index in [1.807, 2.05) is 18.5 Å². The van der Waals surface area contributed by atoms with Crippen LogP contribution in [0, 0.1) is 0 Å². The lowest BCUT2D eigenvalue weighted by Gasteiger charge is -2.35. The average Bonchev–Trinajstić information content (AvgIpc) is 2.77. The van der Waals surface area contributed by atoms with Gasteiger partial charge in [-0.05, 0) is 38.3 Å². The molecular formula is C18H21N3. The van der Waals surface area contributed by atoms with Crippen molar-refractivity contribution in [3.05, 3.63) is 48.5 Å². The van der Waals surface area contributed by atoms with Gasteiger partial charge >= 0.3 is 0 Å². The highest BCUT2D eigenvalue weighted by Crippen LogP contribution is 2.41. The van der Waals surface area contributed by atoms with Gasteiger partial charge in [-0.1, -0.05) is 30.3 Å². The predicted molar refractivity (Wildman–Crippen MR) is 84.0 cm³/mol. The minimum atomic E-state index is 0.545. The zero-order valence-corrected chi connectivity index (χ0v) is 12.4. The van der Waals surface area contributed by atoms with E-state index in [1.54, 1.807) is 0 Å². The van der Waals surface area contributed by atoms with Gasteiger partial charge in [0, 0.05) is 36.0 Å². The maximum absolute atomic E-state index is 4.67. The molecule has 0 radical (unpaired) electrons. The Balaban J connectivity index is 1.55. The molecule has 0 amide bonds. The number of hydrogen-bond donors (Lipinski definition) is 0. The molecule has 2 saturated heterocycles. The fourth-order valence-corrected chi connectivity index (χ4v) is 3.95. The first kappa shape index (κ1) is 13.0. The summed E-state index contributed by atoms with van der Waals surface area (Å²) in [6, 6.07) is 11.8. The molecule has 1 aromatic carbocycles. The van der Waals surface area contributed by atoms with Crippen molar-refractivity contribution in [2.75, 3.05) is 7.05 Å². The molecule has 3 nitrogen and oxygen atoms in total. The average molecular weight is 279 g/mol. The second-order valence-corrected chi connectivity index (χ2v) is 6.41. The van der Waals surface area contributed by atoms with Crippen molar-refractivity contribution in [1.29, 1.82) is 0 Å². The Morgan fingerprint density at radius 1 is 0.905 bits per heavy atom. The topological polar surface area (TPSA) is 29.0 Å². The van der Waals surface area contributed by atoms with Crippen molar-refractivity contribution in [1.82, 2.24) is 14.9 Å². The maximum Gasteiger partial charge on any atom is 0.131 e. The highest BCUT2D eigenvalue weighted by molar-refractivity contribution is 5.60. The smallest absolute Gasteiger partial charge is 0.131 e. The van der Waals surface area contributed by atoms with Crippen LogP contribution in [0.3, 0.4) is 0 Å². The highest BCUT2D eigenvalue weighted by Gasteiger charge is 2.39. The first-order valence-electron chi connectivity index (χ1n) is 7.90. The van der Waals surface area contributed by atoms with E-state index in [0.717, 1.165) is 23.5 Å². The third kappa shape index (κ3) is 2.36. The van der Waals surface area contributed by atoms with Crippen molar-refractivity contribution >= 4 is 0 Å². The minimum Gasteiger partial charge on any atom is -0.300 e. The number of rotatable bonds is 2. The molecule has 1 aromatic heterocycles. The third-order valence-electron chi connectivity index (χ3n) is 5.24. The molecule has 2 aliphatic heterocycles. The number of nitrogens with zero attached hydrogens (tertiary/aromatic N) is 3. The van der Waals surface area contributed by atoms with Gasteiger partial charge in [0.25, 0.3) is 0 Å². The normalized spacial score (nSPS) is 28.7. The van der Waals surface area contributed by atoms with Gasteiger partial charge in [-0.2, -0.15) is 0 Å². The van der Waals surface area contributed by atoms with Gasteiger partial charge in [0.1, 0.15) is 5.82 Å². The minimum absolute atomic E-state index is 0.545. The first-order valence-corrected chi connectivity index (χ1v) is 7.90. The summed E-state index contributed by atoms with van der Waals surface area (Å²) in [5.74, 6) is 1.59. The van der Waals surface area contributed by atoms with E-state index in [4.69, 9.17) is 0 Å². The maximum atomic E-state index is 4.67. The summed E-state index contributed by atoms with van der Waals surface area (Å²) in [7, 11) is 2.28. The number of fused-ring (bicyclic) bond motifs is 2. The zero-order chi connectivity index (χ0) is 14.2. The molecule has 0 N–H and O–H groups in total. The number of hydrogen-bond acceptors (Lipinski definition) is 3. The highest BCUT2D eigenvalue weighted by atomic mass is 15.2. The van der Waals surface area contributed by atoms with Gasteiger partial charge in [-0.15, -0.1) is 0 Å². The first-order chi connectivity index (χ1) is 10.3. The molecule has 2 aliphatic rings. The molecule has 0 spiro atoms. The summed E-state index contributed by atoms with van der Waals surface area (Å²) in [6.45, 7) is 0. The summed E-state index contributed by atoms with van der Waals surface area (Å²) < 4.78 is 0. The van der Waals surface area contributed by atoms with E-state index in [2.05, 4.69) is 46.2 Å². The van der Waals surface area contributed by atoms with E-state index in [9.17, 15) is 0 Å². The molecule has 3 heterocycles. The second kappa shape index (κ2) is 5.23. The predicted octanol–water partition coefficient (Wildman–Crippen LogP) is 3.48. The van der Waals surface area contributed by atoms with Crippen LogP contribution in [-0.4, -0.2) is 34.0 Å². The van der Waals surface area contributed by atoms with Gasteiger partial charge in [0.15, 0.2) is 0 Å². The molecule has 2 aromatic rings. The van der Waals surface area contributed by atoms with E-state index >= 15 is 0 Å². The Bertz CT molecular complexity index is 594. The Hall–Kier alpha value is -1.74.